The Labute approximate surface area is 156 Å². The predicted octanol–water partition coefficient (Wildman–Crippen LogP) is 3.39. The maximum Gasteiger partial charge on any atom is 0.410 e. The van der Waals surface area contributed by atoms with Crippen molar-refractivity contribution in [1.82, 2.24) is 15.1 Å². The van der Waals surface area contributed by atoms with Crippen molar-refractivity contribution in [2.24, 2.45) is 17.8 Å². The largest absolute Gasteiger partial charge is 0.444 e. The average molecular weight is 444 g/mol. The van der Waals surface area contributed by atoms with Crippen molar-refractivity contribution in [2.75, 3.05) is 25.0 Å². The van der Waals surface area contributed by atoms with E-state index in [-0.39, 0.29) is 6.09 Å². The van der Waals surface area contributed by atoms with Crippen LogP contribution in [0.5, 0.6) is 0 Å². The molecule has 2 fully saturated rings. The van der Waals surface area contributed by atoms with Crippen LogP contribution in [0.2, 0.25) is 0 Å². The summed E-state index contributed by atoms with van der Waals surface area (Å²) in [6.07, 6.45) is 2.23. The van der Waals surface area contributed by atoms with Crippen LogP contribution in [0.4, 0.5) is 10.6 Å². The van der Waals surface area contributed by atoms with Crippen molar-refractivity contribution < 1.29 is 9.53 Å². The molecule has 132 valence electrons. The Morgan fingerprint density at radius 1 is 1.33 bits per heavy atom. The van der Waals surface area contributed by atoms with E-state index in [1.165, 1.54) is 12.8 Å². The van der Waals surface area contributed by atoms with E-state index in [0.29, 0.717) is 17.8 Å². The molecule has 2 heterocycles. The van der Waals surface area contributed by atoms with E-state index in [0.717, 1.165) is 29.2 Å². The number of nitrogens with one attached hydrogen (secondary N) is 1. The maximum atomic E-state index is 12.3. The number of halogens is 1. The van der Waals surface area contributed by atoms with Crippen molar-refractivity contribution in [3.05, 3.63) is 15.8 Å². The first-order chi connectivity index (χ1) is 11.3. The molecule has 1 aliphatic carbocycles. The van der Waals surface area contributed by atoms with Gasteiger partial charge in [0.1, 0.15) is 15.1 Å². The monoisotopic (exact) mass is 444 g/mol. The quantitative estimate of drug-likeness (QED) is 0.725. The molecule has 2 aliphatic rings. The highest BCUT2D eigenvalue weighted by Crippen LogP contribution is 2.42. The third kappa shape index (κ3) is 4.29. The minimum Gasteiger partial charge on any atom is -0.444 e. The molecule has 6 nitrogen and oxygen atoms in total. The summed E-state index contributed by atoms with van der Waals surface area (Å²) in [6.45, 7) is 8.27. The van der Waals surface area contributed by atoms with Crippen LogP contribution in [-0.2, 0) is 4.74 Å². The lowest BCUT2D eigenvalue weighted by molar-refractivity contribution is 0.0277. The fourth-order valence-electron chi connectivity index (χ4n) is 3.75. The lowest BCUT2D eigenvalue weighted by Gasteiger charge is -2.25. The summed E-state index contributed by atoms with van der Waals surface area (Å²) in [7, 11) is 0. The summed E-state index contributed by atoms with van der Waals surface area (Å²) in [5, 5.41) is 11.6. The number of ether oxygens (including phenoxy) is 1. The van der Waals surface area contributed by atoms with E-state index >= 15 is 0 Å². The summed E-state index contributed by atoms with van der Waals surface area (Å²) in [5.74, 6) is 2.55. The number of hydrogen-bond donors (Lipinski definition) is 1. The third-order valence-electron chi connectivity index (χ3n) is 4.83. The zero-order valence-electron chi connectivity index (χ0n) is 14.5. The van der Waals surface area contributed by atoms with Crippen LogP contribution >= 0.6 is 22.6 Å². The molecular weight excluding hydrogens is 419 g/mol. The van der Waals surface area contributed by atoms with E-state index in [9.17, 15) is 4.79 Å². The Bertz CT molecular complexity index is 587. The van der Waals surface area contributed by atoms with Crippen molar-refractivity contribution in [3.63, 3.8) is 0 Å². The van der Waals surface area contributed by atoms with Crippen LogP contribution < -0.4 is 5.32 Å². The zero-order valence-corrected chi connectivity index (χ0v) is 16.6. The van der Waals surface area contributed by atoms with Gasteiger partial charge in [-0.3, -0.25) is 0 Å². The lowest BCUT2D eigenvalue weighted by Crippen LogP contribution is -2.36. The van der Waals surface area contributed by atoms with Crippen LogP contribution in [0.1, 0.15) is 33.6 Å². The fourth-order valence-corrected chi connectivity index (χ4v) is 4.04. The first kappa shape index (κ1) is 17.7. The van der Waals surface area contributed by atoms with Gasteiger partial charge in [0.05, 0.1) is 0 Å². The summed E-state index contributed by atoms with van der Waals surface area (Å²) >= 11 is 2.15. The molecule has 1 aliphatic heterocycles. The minimum absolute atomic E-state index is 0.174. The maximum absolute atomic E-state index is 12.3. The van der Waals surface area contributed by atoms with Gasteiger partial charge >= 0.3 is 6.09 Å². The molecule has 1 saturated heterocycles. The number of hydrogen-bond acceptors (Lipinski definition) is 5. The van der Waals surface area contributed by atoms with Crippen LogP contribution in [0, 0.1) is 21.5 Å². The Morgan fingerprint density at radius 3 is 2.79 bits per heavy atom. The third-order valence-corrected chi connectivity index (χ3v) is 5.41. The van der Waals surface area contributed by atoms with Gasteiger partial charge < -0.3 is 15.0 Å². The Kier molecular flexibility index (Phi) is 5.17. The minimum atomic E-state index is -0.431. The molecule has 0 spiro atoms. The molecule has 3 rings (SSSR count). The van der Waals surface area contributed by atoms with E-state index in [1.54, 1.807) is 0 Å². The highest BCUT2D eigenvalue weighted by Gasteiger charge is 2.44. The molecule has 7 heteroatoms. The molecule has 1 amide bonds. The van der Waals surface area contributed by atoms with Gasteiger partial charge in [-0.2, -0.15) is 0 Å². The van der Waals surface area contributed by atoms with Gasteiger partial charge in [-0.15, -0.1) is 10.2 Å². The molecule has 0 bridgehead atoms. The van der Waals surface area contributed by atoms with Crippen molar-refractivity contribution >= 4 is 34.5 Å². The number of amides is 1. The molecular formula is C17H25IN4O2. The standard InChI is InChI=1S/C17H25IN4O2/c1-17(2,3)24-16(23)22-9-12-5-4-11(13(12)10-22)8-19-15-7-6-14(18)20-21-15/h6-7,11-13H,4-5,8-10H2,1-3H3,(H,19,21). The van der Waals surface area contributed by atoms with Crippen LogP contribution in [-0.4, -0.2) is 46.4 Å². The lowest BCUT2D eigenvalue weighted by atomic mass is 9.92. The summed E-state index contributed by atoms with van der Waals surface area (Å²) in [5.41, 5.74) is -0.431. The smallest absolute Gasteiger partial charge is 0.410 e. The van der Waals surface area contributed by atoms with E-state index in [1.807, 2.05) is 37.8 Å². The number of rotatable bonds is 3. The van der Waals surface area contributed by atoms with E-state index in [4.69, 9.17) is 4.74 Å². The van der Waals surface area contributed by atoms with Gasteiger partial charge in [-0.25, -0.2) is 4.79 Å². The molecule has 1 saturated carbocycles. The second-order valence-corrected chi connectivity index (χ2v) is 8.87. The van der Waals surface area contributed by atoms with Gasteiger partial charge in [0.2, 0.25) is 0 Å². The Hall–Kier alpha value is -1.12. The number of likely N-dealkylation sites (tertiary alicyclic amines) is 1. The molecule has 1 N–H and O–H groups in total. The second-order valence-electron chi connectivity index (χ2n) is 7.77. The van der Waals surface area contributed by atoms with Gasteiger partial charge in [-0.05, 0) is 86.1 Å². The molecule has 3 unspecified atom stereocenters. The molecule has 0 aromatic carbocycles. The molecule has 0 radical (unpaired) electrons. The van der Waals surface area contributed by atoms with Gasteiger partial charge in [0, 0.05) is 19.6 Å². The molecule has 1 aromatic rings. The zero-order chi connectivity index (χ0) is 17.3. The fraction of sp³-hybridized carbons (Fsp3) is 0.706. The van der Waals surface area contributed by atoms with E-state index in [2.05, 4.69) is 38.1 Å². The van der Waals surface area contributed by atoms with Gasteiger partial charge in [0.25, 0.3) is 0 Å². The Balaban J connectivity index is 1.53. The topological polar surface area (TPSA) is 67.3 Å². The van der Waals surface area contributed by atoms with Crippen LogP contribution in [0.3, 0.4) is 0 Å². The highest BCUT2D eigenvalue weighted by molar-refractivity contribution is 14.1. The van der Waals surface area contributed by atoms with Crippen LogP contribution in [0.15, 0.2) is 12.1 Å². The highest BCUT2D eigenvalue weighted by atomic mass is 127. The SMILES string of the molecule is CC(C)(C)OC(=O)N1CC2CCC(CNc3ccc(I)nn3)C2C1. The van der Waals surface area contributed by atoms with Crippen molar-refractivity contribution in [3.8, 4) is 0 Å². The van der Waals surface area contributed by atoms with Crippen LogP contribution in [0.25, 0.3) is 0 Å². The number of aromatic nitrogens is 2. The average Bonchev–Trinajstić information content (AvgIpc) is 3.06. The second kappa shape index (κ2) is 7.01. The normalized spacial score (nSPS) is 26.3. The predicted molar refractivity (Wildman–Crippen MR) is 101 cm³/mol. The summed E-state index contributed by atoms with van der Waals surface area (Å²) in [4.78, 5) is 14.2. The number of carbonyl (C=O) groups is 1. The summed E-state index contributed by atoms with van der Waals surface area (Å²) < 4.78 is 6.41. The number of anilines is 1. The van der Waals surface area contributed by atoms with Crippen molar-refractivity contribution in [2.45, 2.75) is 39.2 Å². The molecule has 1 aromatic heterocycles. The van der Waals surface area contributed by atoms with Gasteiger partial charge in [0.15, 0.2) is 0 Å². The molecule has 24 heavy (non-hydrogen) atoms. The first-order valence-electron chi connectivity index (χ1n) is 8.53. The van der Waals surface area contributed by atoms with E-state index < -0.39 is 5.60 Å². The number of carbonyl (C=O) groups excluding carboxylic acids is 1. The number of fused-ring (bicyclic) bond motifs is 1. The first-order valence-corrected chi connectivity index (χ1v) is 9.61. The Morgan fingerprint density at radius 2 is 2.12 bits per heavy atom. The summed E-state index contributed by atoms with van der Waals surface area (Å²) in [6, 6.07) is 3.91. The van der Waals surface area contributed by atoms with Crippen molar-refractivity contribution in [1.29, 1.82) is 0 Å². The molecule has 3 atom stereocenters. The van der Waals surface area contributed by atoms with Gasteiger partial charge in [-0.1, -0.05) is 0 Å². The number of nitrogens with zero attached hydrogens (tertiary/aromatic N) is 3.